The lowest BCUT2D eigenvalue weighted by atomic mass is 9.97. The molecular weight excluding hydrogens is 262 g/mol. The lowest BCUT2D eigenvalue weighted by Gasteiger charge is -2.37. The van der Waals surface area contributed by atoms with Gasteiger partial charge in [0.2, 0.25) is 5.91 Å². The summed E-state index contributed by atoms with van der Waals surface area (Å²) in [6.07, 6.45) is 3.52. The summed E-state index contributed by atoms with van der Waals surface area (Å²) < 4.78 is 0. The summed E-state index contributed by atoms with van der Waals surface area (Å²) in [7, 11) is 0. The Bertz CT molecular complexity index is 271. The van der Waals surface area contributed by atoms with Crippen LogP contribution >= 0.6 is 12.4 Å². The summed E-state index contributed by atoms with van der Waals surface area (Å²) in [5.74, 6) is 0.600. The highest BCUT2D eigenvalue weighted by atomic mass is 35.5. The Morgan fingerprint density at radius 3 is 2.47 bits per heavy atom. The highest BCUT2D eigenvalue weighted by Gasteiger charge is 2.27. The predicted octanol–water partition coefficient (Wildman–Crippen LogP) is 1.77. The Kier molecular flexibility index (Phi) is 8.62. The average molecular weight is 292 g/mol. The SMILES string of the molecule is CC(C)C(C)NC(=O)CN1CCCCC1C(C)N.Cl. The molecule has 0 bridgehead atoms. The van der Waals surface area contributed by atoms with Crippen LogP contribution in [0.2, 0.25) is 0 Å². The molecule has 0 aromatic heterocycles. The molecule has 0 aromatic rings. The molecule has 3 unspecified atom stereocenters. The minimum atomic E-state index is 0. The highest BCUT2D eigenvalue weighted by Crippen LogP contribution is 2.18. The molecule has 1 aliphatic heterocycles. The van der Waals surface area contributed by atoms with E-state index in [2.05, 4.69) is 31.0 Å². The summed E-state index contributed by atoms with van der Waals surface area (Å²) >= 11 is 0. The molecule has 1 amide bonds. The number of piperidine rings is 1. The fourth-order valence-electron chi connectivity index (χ4n) is 2.46. The van der Waals surface area contributed by atoms with E-state index in [1.807, 2.05) is 6.92 Å². The standard InChI is InChI=1S/C14H29N3O.ClH/c1-10(2)12(4)16-14(18)9-17-8-6-5-7-13(17)11(3)15;/h10-13H,5-9,15H2,1-4H3,(H,16,18);1H. The van der Waals surface area contributed by atoms with Crippen LogP contribution in [0.1, 0.15) is 47.0 Å². The van der Waals surface area contributed by atoms with Crippen LogP contribution in [0, 0.1) is 5.92 Å². The van der Waals surface area contributed by atoms with E-state index in [0.717, 1.165) is 13.0 Å². The smallest absolute Gasteiger partial charge is 0.234 e. The zero-order valence-corrected chi connectivity index (χ0v) is 13.5. The molecule has 1 saturated heterocycles. The largest absolute Gasteiger partial charge is 0.352 e. The van der Waals surface area contributed by atoms with Gasteiger partial charge in [-0.05, 0) is 39.2 Å². The fraction of sp³-hybridized carbons (Fsp3) is 0.929. The third kappa shape index (κ3) is 6.11. The zero-order valence-electron chi connectivity index (χ0n) is 12.7. The molecule has 0 aliphatic carbocycles. The molecule has 0 aromatic carbocycles. The van der Waals surface area contributed by atoms with Crippen molar-refractivity contribution in [2.24, 2.45) is 11.7 Å². The fourth-order valence-corrected chi connectivity index (χ4v) is 2.46. The van der Waals surface area contributed by atoms with Gasteiger partial charge in [-0.15, -0.1) is 12.4 Å². The lowest BCUT2D eigenvalue weighted by Crippen LogP contribution is -2.53. The van der Waals surface area contributed by atoms with Gasteiger partial charge in [-0.25, -0.2) is 0 Å². The lowest BCUT2D eigenvalue weighted by molar-refractivity contribution is -0.124. The van der Waals surface area contributed by atoms with Crippen molar-refractivity contribution in [2.45, 2.75) is 65.1 Å². The van der Waals surface area contributed by atoms with Crippen LogP contribution in [0.3, 0.4) is 0 Å². The molecule has 4 nitrogen and oxygen atoms in total. The van der Waals surface area contributed by atoms with E-state index in [0.29, 0.717) is 18.5 Å². The third-order valence-corrected chi connectivity index (χ3v) is 4.01. The van der Waals surface area contributed by atoms with Crippen LogP contribution in [-0.2, 0) is 4.79 Å². The summed E-state index contributed by atoms with van der Waals surface area (Å²) in [6, 6.07) is 0.732. The average Bonchev–Trinajstić information content (AvgIpc) is 2.28. The molecule has 3 N–H and O–H groups in total. The number of halogens is 1. The molecule has 3 atom stereocenters. The summed E-state index contributed by atoms with van der Waals surface area (Å²) in [5.41, 5.74) is 6.01. The first-order valence-corrected chi connectivity index (χ1v) is 7.20. The second-order valence-electron chi connectivity index (χ2n) is 5.99. The minimum Gasteiger partial charge on any atom is -0.352 e. The maximum Gasteiger partial charge on any atom is 0.234 e. The molecule has 0 radical (unpaired) electrons. The molecule has 1 heterocycles. The van der Waals surface area contributed by atoms with E-state index in [9.17, 15) is 4.79 Å². The highest BCUT2D eigenvalue weighted by molar-refractivity contribution is 5.85. The van der Waals surface area contributed by atoms with Gasteiger partial charge in [0, 0.05) is 18.1 Å². The van der Waals surface area contributed by atoms with Gasteiger partial charge in [-0.2, -0.15) is 0 Å². The van der Waals surface area contributed by atoms with Crippen LogP contribution in [-0.4, -0.2) is 42.0 Å². The molecule has 19 heavy (non-hydrogen) atoms. The van der Waals surface area contributed by atoms with Gasteiger partial charge < -0.3 is 11.1 Å². The van der Waals surface area contributed by atoms with Crippen molar-refractivity contribution in [3.8, 4) is 0 Å². The molecular formula is C14H30ClN3O. The Labute approximate surface area is 123 Å². The van der Waals surface area contributed by atoms with Crippen LogP contribution < -0.4 is 11.1 Å². The van der Waals surface area contributed by atoms with E-state index in [-0.39, 0.29) is 30.4 Å². The first-order valence-electron chi connectivity index (χ1n) is 7.20. The van der Waals surface area contributed by atoms with Crippen molar-refractivity contribution in [3.63, 3.8) is 0 Å². The summed E-state index contributed by atoms with van der Waals surface area (Å²) in [4.78, 5) is 14.2. The number of nitrogens with two attached hydrogens (primary N) is 1. The van der Waals surface area contributed by atoms with Gasteiger partial charge in [-0.1, -0.05) is 20.3 Å². The maximum absolute atomic E-state index is 12.0. The number of nitrogens with one attached hydrogen (secondary N) is 1. The molecule has 5 heteroatoms. The van der Waals surface area contributed by atoms with Gasteiger partial charge in [0.1, 0.15) is 0 Å². The van der Waals surface area contributed by atoms with Crippen molar-refractivity contribution in [1.29, 1.82) is 0 Å². The van der Waals surface area contributed by atoms with Crippen molar-refractivity contribution in [2.75, 3.05) is 13.1 Å². The van der Waals surface area contributed by atoms with Crippen LogP contribution in [0.15, 0.2) is 0 Å². The Morgan fingerprint density at radius 1 is 1.32 bits per heavy atom. The molecule has 1 fully saturated rings. The van der Waals surface area contributed by atoms with Crippen LogP contribution in [0.4, 0.5) is 0 Å². The second-order valence-corrected chi connectivity index (χ2v) is 5.99. The number of nitrogens with zero attached hydrogens (tertiary/aromatic N) is 1. The van der Waals surface area contributed by atoms with Gasteiger partial charge >= 0.3 is 0 Å². The van der Waals surface area contributed by atoms with Crippen LogP contribution in [0.25, 0.3) is 0 Å². The summed E-state index contributed by atoms with van der Waals surface area (Å²) in [6.45, 7) is 9.83. The van der Waals surface area contributed by atoms with E-state index in [1.165, 1.54) is 12.8 Å². The number of carbonyl (C=O) groups is 1. The second kappa shape index (κ2) is 8.77. The maximum atomic E-state index is 12.0. The monoisotopic (exact) mass is 291 g/mol. The topological polar surface area (TPSA) is 58.4 Å². The molecule has 0 saturated carbocycles. The molecule has 1 aliphatic rings. The van der Waals surface area contributed by atoms with Crippen molar-refractivity contribution < 1.29 is 4.79 Å². The van der Waals surface area contributed by atoms with Crippen molar-refractivity contribution in [1.82, 2.24) is 10.2 Å². The molecule has 114 valence electrons. The van der Waals surface area contributed by atoms with E-state index in [4.69, 9.17) is 5.73 Å². The number of rotatable bonds is 5. The quantitative estimate of drug-likeness (QED) is 0.812. The molecule has 0 spiro atoms. The minimum absolute atomic E-state index is 0. The first kappa shape index (κ1) is 18.7. The Morgan fingerprint density at radius 2 is 1.95 bits per heavy atom. The van der Waals surface area contributed by atoms with Gasteiger partial charge in [0.05, 0.1) is 6.54 Å². The Hall–Kier alpha value is -0.320. The Balaban J connectivity index is 0.00000324. The van der Waals surface area contributed by atoms with E-state index < -0.39 is 0 Å². The third-order valence-electron chi connectivity index (χ3n) is 4.01. The van der Waals surface area contributed by atoms with Gasteiger partial charge in [0.25, 0.3) is 0 Å². The normalized spacial score (nSPS) is 23.6. The van der Waals surface area contributed by atoms with Crippen LogP contribution in [0.5, 0.6) is 0 Å². The van der Waals surface area contributed by atoms with Crippen molar-refractivity contribution >= 4 is 18.3 Å². The zero-order chi connectivity index (χ0) is 13.7. The van der Waals surface area contributed by atoms with E-state index >= 15 is 0 Å². The predicted molar refractivity (Wildman–Crippen MR) is 82.6 cm³/mol. The van der Waals surface area contributed by atoms with Gasteiger partial charge in [0.15, 0.2) is 0 Å². The van der Waals surface area contributed by atoms with E-state index in [1.54, 1.807) is 0 Å². The number of amides is 1. The molecule has 1 rings (SSSR count). The van der Waals surface area contributed by atoms with Crippen molar-refractivity contribution in [3.05, 3.63) is 0 Å². The number of hydrogen-bond acceptors (Lipinski definition) is 3. The number of hydrogen-bond donors (Lipinski definition) is 2. The first-order chi connectivity index (χ1) is 8.41. The van der Waals surface area contributed by atoms with Gasteiger partial charge in [-0.3, -0.25) is 9.69 Å². The summed E-state index contributed by atoms with van der Waals surface area (Å²) in [5, 5.41) is 3.06. The number of likely N-dealkylation sites (tertiary alicyclic amines) is 1. The number of carbonyl (C=O) groups excluding carboxylic acids is 1.